The summed E-state index contributed by atoms with van der Waals surface area (Å²) < 4.78 is 5.65. The molecule has 0 saturated carbocycles. The number of ether oxygens (including phenoxy) is 1. The van der Waals surface area contributed by atoms with Gasteiger partial charge in [0.05, 0.1) is 11.6 Å². The first kappa shape index (κ1) is 23.1. The highest BCUT2D eigenvalue weighted by Gasteiger charge is 2.28. The van der Waals surface area contributed by atoms with Crippen LogP contribution in [-0.4, -0.2) is 24.8 Å². The van der Waals surface area contributed by atoms with Crippen molar-refractivity contribution in [2.24, 2.45) is 22.2 Å². The number of amides is 1. The van der Waals surface area contributed by atoms with Gasteiger partial charge in [-0.1, -0.05) is 52.0 Å². The minimum atomic E-state index is -0.261. The molecule has 2 aromatic rings. The molecule has 7 heteroatoms. The Morgan fingerprint density at radius 1 is 1.17 bits per heavy atom. The van der Waals surface area contributed by atoms with Crippen molar-refractivity contribution < 1.29 is 14.3 Å². The number of hydrogen-bond donors (Lipinski definition) is 3. The van der Waals surface area contributed by atoms with E-state index < -0.39 is 0 Å². The molecule has 0 saturated heterocycles. The van der Waals surface area contributed by atoms with E-state index in [1.165, 1.54) is 6.34 Å². The molecule has 0 aromatic heterocycles. The molecule has 1 unspecified atom stereocenters. The lowest BCUT2D eigenvalue weighted by Gasteiger charge is -2.25. The fourth-order valence-electron chi connectivity index (χ4n) is 2.61. The third kappa shape index (κ3) is 6.70. The van der Waals surface area contributed by atoms with Gasteiger partial charge in [0, 0.05) is 12.1 Å². The zero-order valence-electron chi connectivity index (χ0n) is 17.9. The van der Waals surface area contributed by atoms with Crippen molar-refractivity contribution in [1.82, 2.24) is 10.7 Å². The van der Waals surface area contributed by atoms with Crippen LogP contribution >= 0.6 is 0 Å². The van der Waals surface area contributed by atoms with Crippen LogP contribution in [0.4, 0.5) is 5.69 Å². The number of nitrogens with one attached hydrogen (secondary N) is 2. The molecule has 30 heavy (non-hydrogen) atoms. The Kier molecular flexibility index (Phi) is 8.12. The van der Waals surface area contributed by atoms with Crippen LogP contribution in [0.3, 0.4) is 0 Å². The number of nitrogens with two attached hydrogens (primary N) is 1. The maximum absolute atomic E-state index is 12.5. The number of benzene rings is 2. The molecule has 7 nitrogen and oxygen atoms in total. The highest BCUT2D eigenvalue weighted by molar-refractivity contribution is 5.95. The predicted molar refractivity (Wildman–Crippen MR) is 119 cm³/mol. The first-order valence-corrected chi connectivity index (χ1v) is 9.89. The van der Waals surface area contributed by atoms with Crippen LogP contribution in [0.1, 0.15) is 43.6 Å². The maximum atomic E-state index is 12.5. The van der Waals surface area contributed by atoms with Crippen molar-refractivity contribution in [3.8, 4) is 5.75 Å². The van der Waals surface area contributed by atoms with E-state index in [-0.39, 0.29) is 23.2 Å². The number of esters is 1. The van der Waals surface area contributed by atoms with E-state index in [9.17, 15) is 9.59 Å². The van der Waals surface area contributed by atoms with Crippen LogP contribution in [0.5, 0.6) is 5.75 Å². The molecular formula is C23H30N4O3. The lowest BCUT2D eigenvalue weighted by atomic mass is 9.82. The summed E-state index contributed by atoms with van der Waals surface area (Å²) in [6.07, 6.45) is 1.88. The molecule has 2 aromatic carbocycles. The summed E-state index contributed by atoms with van der Waals surface area (Å²) in [6.45, 7) is 8.29. The highest BCUT2D eigenvalue weighted by Crippen LogP contribution is 2.28. The monoisotopic (exact) mass is 410 g/mol. The third-order valence-electron chi connectivity index (χ3n) is 4.91. The molecule has 160 valence electrons. The molecule has 0 aliphatic carbocycles. The van der Waals surface area contributed by atoms with Crippen LogP contribution in [0.2, 0.25) is 0 Å². The first-order chi connectivity index (χ1) is 14.2. The molecule has 0 radical (unpaired) electrons. The van der Waals surface area contributed by atoms with Gasteiger partial charge in [0.1, 0.15) is 12.1 Å². The molecule has 4 N–H and O–H groups in total. The number of carbonyl (C=O) groups is 2. The molecule has 1 amide bonds. The number of aliphatic imine (C=N–C) groups is 1. The van der Waals surface area contributed by atoms with E-state index in [1.54, 1.807) is 30.3 Å². The Morgan fingerprint density at radius 3 is 2.60 bits per heavy atom. The van der Waals surface area contributed by atoms with Gasteiger partial charge in [0.25, 0.3) is 5.91 Å². The van der Waals surface area contributed by atoms with Gasteiger partial charge in [0.2, 0.25) is 0 Å². The first-order valence-electron chi connectivity index (χ1n) is 9.89. The van der Waals surface area contributed by atoms with Crippen LogP contribution in [0, 0.1) is 11.3 Å². The largest absolute Gasteiger partial charge is 0.426 e. The summed E-state index contributed by atoms with van der Waals surface area (Å²) in [7, 11) is 0. The van der Waals surface area contributed by atoms with Crippen molar-refractivity contribution in [3.63, 3.8) is 0 Å². The quantitative estimate of drug-likeness (QED) is 0.154. The Balaban J connectivity index is 1.98. The van der Waals surface area contributed by atoms with E-state index in [2.05, 4.69) is 15.7 Å². The summed E-state index contributed by atoms with van der Waals surface area (Å²) in [5.41, 5.74) is 4.12. The van der Waals surface area contributed by atoms with Gasteiger partial charge in [-0.2, -0.15) is 0 Å². The SMILES string of the molecule is CC(C(=O)Oc1ccccc1CCNC(=O)c1cccc(N=CNN)c1)C(C)(C)C. The van der Waals surface area contributed by atoms with E-state index in [4.69, 9.17) is 10.6 Å². The van der Waals surface area contributed by atoms with Crippen LogP contribution in [0.15, 0.2) is 53.5 Å². The van der Waals surface area contributed by atoms with Crippen LogP contribution in [-0.2, 0) is 11.2 Å². The standard InChI is InChI=1S/C23H30N4O3/c1-16(23(2,3)4)22(29)30-20-11-6-5-8-17(20)12-13-25-21(28)18-9-7-10-19(14-18)26-15-27-24/h5-11,14-16H,12-13,24H2,1-4H3,(H,25,28)(H,26,27). The lowest BCUT2D eigenvalue weighted by molar-refractivity contribution is -0.141. The highest BCUT2D eigenvalue weighted by atomic mass is 16.5. The number of para-hydroxylation sites is 1. The van der Waals surface area contributed by atoms with Gasteiger partial charge in [-0.05, 0) is 41.7 Å². The van der Waals surface area contributed by atoms with Gasteiger partial charge >= 0.3 is 5.97 Å². The second kappa shape index (κ2) is 10.5. The van der Waals surface area contributed by atoms with Crippen molar-refractivity contribution in [3.05, 3.63) is 59.7 Å². The summed E-state index contributed by atoms with van der Waals surface area (Å²) >= 11 is 0. The number of nitrogens with zero attached hydrogens (tertiary/aromatic N) is 1. The lowest BCUT2D eigenvalue weighted by Crippen LogP contribution is -2.30. The summed E-state index contributed by atoms with van der Waals surface area (Å²) in [5.74, 6) is 4.98. The molecule has 1 atom stereocenters. The van der Waals surface area contributed by atoms with Crippen molar-refractivity contribution in [1.29, 1.82) is 0 Å². The normalized spacial score (nSPS) is 12.4. The molecule has 0 heterocycles. The summed E-state index contributed by atoms with van der Waals surface area (Å²) in [4.78, 5) is 29.0. The molecule has 2 rings (SSSR count). The number of rotatable bonds is 8. The fourth-order valence-corrected chi connectivity index (χ4v) is 2.61. The molecule has 0 aliphatic rings. The minimum Gasteiger partial charge on any atom is -0.426 e. The predicted octanol–water partition coefficient (Wildman–Crippen LogP) is 3.37. The van der Waals surface area contributed by atoms with Crippen LogP contribution < -0.4 is 21.3 Å². The number of hydrogen-bond acceptors (Lipinski definition) is 5. The van der Waals surface area contributed by atoms with Crippen molar-refractivity contribution in [2.75, 3.05) is 6.54 Å². The molecular weight excluding hydrogens is 380 g/mol. The third-order valence-corrected chi connectivity index (χ3v) is 4.91. The van der Waals surface area contributed by atoms with Gasteiger partial charge in [-0.3, -0.25) is 9.59 Å². The molecule has 0 bridgehead atoms. The zero-order valence-corrected chi connectivity index (χ0v) is 17.9. The van der Waals surface area contributed by atoms with Crippen LogP contribution in [0.25, 0.3) is 0 Å². The van der Waals surface area contributed by atoms with Gasteiger partial charge in [0.15, 0.2) is 0 Å². The second-order valence-electron chi connectivity index (χ2n) is 8.10. The second-order valence-corrected chi connectivity index (χ2v) is 8.10. The number of carbonyl (C=O) groups excluding carboxylic acids is 2. The fraction of sp³-hybridized carbons (Fsp3) is 0.348. The Bertz CT molecular complexity index is 903. The Labute approximate surface area is 177 Å². The van der Waals surface area contributed by atoms with E-state index in [0.29, 0.717) is 30.0 Å². The topological polar surface area (TPSA) is 106 Å². The number of hydrazine groups is 1. The average Bonchev–Trinajstić information content (AvgIpc) is 2.72. The van der Waals surface area contributed by atoms with Gasteiger partial charge in [-0.15, -0.1) is 0 Å². The van der Waals surface area contributed by atoms with E-state index in [1.807, 2.05) is 45.9 Å². The smallest absolute Gasteiger partial charge is 0.314 e. The van der Waals surface area contributed by atoms with E-state index >= 15 is 0 Å². The molecule has 0 fully saturated rings. The zero-order chi connectivity index (χ0) is 22.1. The minimum absolute atomic E-state index is 0.182. The van der Waals surface area contributed by atoms with Gasteiger partial charge < -0.3 is 15.5 Å². The maximum Gasteiger partial charge on any atom is 0.314 e. The van der Waals surface area contributed by atoms with Crippen molar-refractivity contribution >= 4 is 23.9 Å². The summed E-state index contributed by atoms with van der Waals surface area (Å²) in [5, 5.41) is 2.89. The Morgan fingerprint density at radius 2 is 1.90 bits per heavy atom. The van der Waals surface area contributed by atoms with Crippen molar-refractivity contribution in [2.45, 2.75) is 34.1 Å². The van der Waals surface area contributed by atoms with E-state index in [0.717, 1.165) is 5.56 Å². The summed E-state index contributed by atoms with van der Waals surface area (Å²) in [6, 6.07) is 14.3. The molecule has 0 spiro atoms. The van der Waals surface area contributed by atoms with Gasteiger partial charge in [-0.25, -0.2) is 10.8 Å². The average molecular weight is 411 g/mol. The molecule has 0 aliphatic heterocycles. The Hall–Kier alpha value is -3.19.